The quantitative estimate of drug-likeness (QED) is 0.582. The molecule has 1 aliphatic carbocycles. The molecule has 3 atom stereocenters. The maximum absolute atomic E-state index is 12.9. The molecule has 0 saturated carbocycles. The number of alkyl carbamates (subject to hydrolysis) is 1. The number of carbonyl (C=O) groups is 3. The van der Waals surface area contributed by atoms with Crippen LogP contribution in [0.4, 0.5) is 4.79 Å². The molecular weight excluding hydrogens is 444 g/mol. The van der Waals surface area contributed by atoms with Crippen molar-refractivity contribution in [3.63, 3.8) is 0 Å². The lowest BCUT2D eigenvalue weighted by Crippen LogP contribution is -2.43. The molecule has 0 bridgehead atoms. The minimum absolute atomic E-state index is 0.0236. The number of benzene rings is 2. The molecule has 7 nitrogen and oxygen atoms in total. The molecule has 0 radical (unpaired) electrons. The fourth-order valence-corrected chi connectivity index (χ4v) is 5.29. The summed E-state index contributed by atoms with van der Waals surface area (Å²) < 4.78 is 5.67. The molecule has 2 aliphatic rings. The summed E-state index contributed by atoms with van der Waals surface area (Å²) in [6.45, 7) is 7.12. The first-order chi connectivity index (χ1) is 16.7. The van der Waals surface area contributed by atoms with Gasteiger partial charge in [0.05, 0.1) is 6.42 Å². The second-order valence-electron chi connectivity index (χ2n) is 10.2. The van der Waals surface area contributed by atoms with Gasteiger partial charge in [-0.3, -0.25) is 9.59 Å². The van der Waals surface area contributed by atoms with Gasteiger partial charge in [0.15, 0.2) is 0 Å². The molecule has 186 valence electrons. The summed E-state index contributed by atoms with van der Waals surface area (Å²) in [5.41, 5.74) is 4.64. The Morgan fingerprint density at radius 3 is 2.20 bits per heavy atom. The van der Waals surface area contributed by atoms with Crippen molar-refractivity contribution in [3.8, 4) is 11.1 Å². The Kier molecular flexibility index (Phi) is 7.43. The second kappa shape index (κ2) is 10.5. The number of fused-ring (bicyclic) bond motifs is 3. The third-order valence-corrected chi connectivity index (χ3v) is 7.40. The number of nitrogens with zero attached hydrogens (tertiary/aromatic N) is 1. The maximum atomic E-state index is 12.9. The summed E-state index contributed by atoms with van der Waals surface area (Å²) in [6.07, 6.45) is -0.304. The molecule has 1 aliphatic heterocycles. The van der Waals surface area contributed by atoms with Crippen LogP contribution in [0.15, 0.2) is 48.5 Å². The first kappa shape index (κ1) is 24.8. The number of hydrogen-bond donors (Lipinski definition) is 2. The third kappa shape index (κ3) is 5.50. The molecule has 1 saturated heterocycles. The zero-order valence-corrected chi connectivity index (χ0v) is 20.6. The molecule has 1 heterocycles. The predicted molar refractivity (Wildman–Crippen MR) is 133 cm³/mol. The standard InChI is InChI=1S/C28H34N2O5/c1-17(2)25(13-26(31)30-14-18(3)19(15-30)12-27(32)33)29-28(34)35-16-24-22-10-6-4-8-20(22)21-9-5-7-11-23(21)24/h4-11,17-19,24-25H,12-16H2,1-3H3,(H,29,34)(H,32,33)/t18-,19-,25-/m1/s1. The summed E-state index contributed by atoms with van der Waals surface area (Å²) in [5.74, 6) is -0.791. The Morgan fingerprint density at radius 1 is 1.03 bits per heavy atom. The van der Waals surface area contributed by atoms with Crippen molar-refractivity contribution in [2.45, 2.75) is 45.6 Å². The minimum atomic E-state index is -0.840. The number of nitrogens with one attached hydrogen (secondary N) is 1. The fourth-order valence-electron chi connectivity index (χ4n) is 5.29. The molecule has 1 fully saturated rings. The highest BCUT2D eigenvalue weighted by atomic mass is 16.5. The largest absolute Gasteiger partial charge is 0.481 e. The summed E-state index contributed by atoms with van der Waals surface area (Å²) in [5, 5.41) is 12.0. The monoisotopic (exact) mass is 478 g/mol. The van der Waals surface area contributed by atoms with Crippen LogP contribution in [0.25, 0.3) is 11.1 Å². The van der Waals surface area contributed by atoms with Gasteiger partial charge in [-0.2, -0.15) is 0 Å². The van der Waals surface area contributed by atoms with Crippen LogP contribution in [0.3, 0.4) is 0 Å². The SMILES string of the molecule is CC(C)[C@@H](CC(=O)N1C[C@@H](CC(=O)O)[C@H](C)C1)NC(=O)OCC1c2ccccc2-c2ccccc21. The van der Waals surface area contributed by atoms with Crippen LogP contribution in [-0.4, -0.2) is 53.7 Å². The van der Waals surface area contributed by atoms with Crippen molar-refractivity contribution in [1.29, 1.82) is 0 Å². The van der Waals surface area contributed by atoms with Gasteiger partial charge in [0.1, 0.15) is 6.61 Å². The number of likely N-dealkylation sites (tertiary alicyclic amines) is 1. The van der Waals surface area contributed by atoms with Crippen molar-refractivity contribution < 1.29 is 24.2 Å². The number of rotatable bonds is 8. The Labute approximate surface area is 206 Å². The number of ether oxygens (including phenoxy) is 1. The van der Waals surface area contributed by atoms with Gasteiger partial charge in [0.2, 0.25) is 5.91 Å². The van der Waals surface area contributed by atoms with E-state index in [0.29, 0.717) is 13.1 Å². The van der Waals surface area contributed by atoms with E-state index in [1.165, 1.54) is 11.1 Å². The molecule has 0 aromatic heterocycles. The lowest BCUT2D eigenvalue weighted by Gasteiger charge is -2.25. The summed E-state index contributed by atoms with van der Waals surface area (Å²) in [4.78, 5) is 38.5. The summed E-state index contributed by atoms with van der Waals surface area (Å²) >= 11 is 0. The zero-order chi connectivity index (χ0) is 25.1. The Hall–Kier alpha value is -3.35. The molecule has 2 amide bonds. The molecule has 4 rings (SSSR count). The van der Waals surface area contributed by atoms with Crippen LogP contribution in [-0.2, 0) is 14.3 Å². The zero-order valence-electron chi connectivity index (χ0n) is 20.6. The average Bonchev–Trinajstić information content (AvgIpc) is 3.34. The van der Waals surface area contributed by atoms with Gasteiger partial charge in [0.25, 0.3) is 0 Å². The van der Waals surface area contributed by atoms with Crippen LogP contribution in [0.2, 0.25) is 0 Å². The number of carbonyl (C=O) groups excluding carboxylic acids is 2. The molecule has 0 unspecified atom stereocenters. The van der Waals surface area contributed by atoms with E-state index in [0.717, 1.165) is 11.1 Å². The van der Waals surface area contributed by atoms with E-state index < -0.39 is 12.1 Å². The second-order valence-corrected chi connectivity index (χ2v) is 10.2. The first-order valence-corrected chi connectivity index (χ1v) is 12.4. The highest BCUT2D eigenvalue weighted by molar-refractivity contribution is 5.80. The van der Waals surface area contributed by atoms with Gasteiger partial charge in [-0.25, -0.2) is 4.79 Å². The smallest absolute Gasteiger partial charge is 0.407 e. The Balaban J connectivity index is 1.34. The summed E-state index contributed by atoms with van der Waals surface area (Å²) in [6, 6.07) is 16.0. The predicted octanol–water partition coefficient (Wildman–Crippen LogP) is 4.51. The van der Waals surface area contributed by atoms with Crippen molar-refractivity contribution >= 4 is 18.0 Å². The molecule has 35 heavy (non-hydrogen) atoms. The molecule has 2 N–H and O–H groups in total. The van der Waals surface area contributed by atoms with Crippen molar-refractivity contribution in [3.05, 3.63) is 59.7 Å². The molecule has 2 aromatic carbocycles. The number of carboxylic acids is 1. The average molecular weight is 479 g/mol. The Morgan fingerprint density at radius 2 is 1.63 bits per heavy atom. The highest BCUT2D eigenvalue weighted by Gasteiger charge is 2.35. The van der Waals surface area contributed by atoms with Crippen LogP contribution >= 0.6 is 0 Å². The van der Waals surface area contributed by atoms with Crippen molar-refractivity contribution in [1.82, 2.24) is 10.2 Å². The number of amides is 2. The third-order valence-electron chi connectivity index (χ3n) is 7.40. The van der Waals surface area contributed by atoms with E-state index in [1.54, 1.807) is 4.90 Å². The topological polar surface area (TPSA) is 95.9 Å². The first-order valence-electron chi connectivity index (χ1n) is 12.4. The highest BCUT2D eigenvalue weighted by Crippen LogP contribution is 2.44. The Bertz CT molecular complexity index is 1050. The van der Waals surface area contributed by atoms with E-state index in [1.807, 2.05) is 45.0 Å². The van der Waals surface area contributed by atoms with Gasteiger partial charge in [0, 0.05) is 31.5 Å². The molecule has 2 aromatic rings. The van der Waals surface area contributed by atoms with E-state index >= 15 is 0 Å². The van der Waals surface area contributed by atoms with E-state index in [-0.39, 0.29) is 55.1 Å². The van der Waals surface area contributed by atoms with E-state index in [2.05, 4.69) is 29.6 Å². The van der Waals surface area contributed by atoms with Crippen LogP contribution < -0.4 is 5.32 Å². The van der Waals surface area contributed by atoms with Crippen LogP contribution in [0, 0.1) is 17.8 Å². The van der Waals surface area contributed by atoms with Crippen LogP contribution in [0.5, 0.6) is 0 Å². The number of aliphatic carboxylic acids is 1. The summed E-state index contributed by atoms with van der Waals surface area (Å²) in [7, 11) is 0. The lowest BCUT2D eigenvalue weighted by molar-refractivity contribution is -0.138. The number of carboxylic acid groups (broad SMARTS) is 1. The molecule has 0 spiro atoms. The normalized spacial score (nSPS) is 19.8. The minimum Gasteiger partial charge on any atom is -0.481 e. The van der Waals surface area contributed by atoms with Gasteiger partial charge < -0.3 is 20.1 Å². The lowest BCUT2D eigenvalue weighted by atomic mass is 9.95. The molecule has 7 heteroatoms. The maximum Gasteiger partial charge on any atom is 0.407 e. The van der Waals surface area contributed by atoms with E-state index in [9.17, 15) is 14.4 Å². The van der Waals surface area contributed by atoms with Gasteiger partial charge in [-0.05, 0) is 40.0 Å². The van der Waals surface area contributed by atoms with Crippen LogP contribution in [0.1, 0.15) is 50.7 Å². The van der Waals surface area contributed by atoms with E-state index in [4.69, 9.17) is 9.84 Å². The fraction of sp³-hybridized carbons (Fsp3) is 0.464. The van der Waals surface area contributed by atoms with Crippen molar-refractivity contribution in [2.24, 2.45) is 17.8 Å². The molecular formula is C28H34N2O5. The van der Waals surface area contributed by atoms with Crippen molar-refractivity contribution in [2.75, 3.05) is 19.7 Å². The van der Waals surface area contributed by atoms with Gasteiger partial charge in [-0.15, -0.1) is 0 Å². The van der Waals surface area contributed by atoms with Gasteiger partial charge in [-0.1, -0.05) is 69.3 Å². The van der Waals surface area contributed by atoms with Gasteiger partial charge >= 0.3 is 12.1 Å². The number of hydrogen-bond acceptors (Lipinski definition) is 4.